The lowest BCUT2D eigenvalue weighted by atomic mass is 10.2. The number of halogens is 1. The fourth-order valence-electron chi connectivity index (χ4n) is 1.29. The lowest BCUT2D eigenvalue weighted by molar-refractivity contribution is 0.111. The number of phosphoric ester groups is 1. The van der Waals surface area contributed by atoms with E-state index < -0.39 is 13.4 Å². The molecule has 1 aromatic carbocycles. The Morgan fingerprint density at radius 2 is 2.00 bits per heavy atom. The van der Waals surface area contributed by atoms with Gasteiger partial charge in [-0.2, -0.15) is 0 Å². The Kier molecular flexibility index (Phi) is 3.86. The maximum atomic E-state index is 12.0. The standard InChI is InChI=1S/C9H9ClN3O5P/c1-16-19(15,17-2)18-13-9(14)7-4-3-6(10)5-8(7)11-12-13/h3-5H,1-2H3. The van der Waals surface area contributed by atoms with E-state index in [4.69, 9.17) is 16.2 Å². The maximum absolute atomic E-state index is 12.0. The van der Waals surface area contributed by atoms with Gasteiger partial charge in [0.15, 0.2) is 0 Å². The number of rotatable bonds is 4. The highest BCUT2D eigenvalue weighted by Crippen LogP contribution is 2.43. The third-order valence-electron chi connectivity index (χ3n) is 2.22. The first kappa shape index (κ1) is 14.0. The van der Waals surface area contributed by atoms with Gasteiger partial charge in [-0.3, -0.25) is 18.5 Å². The van der Waals surface area contributed by atoms with Crippen LogP contribution in [0, 0.1) is 0 Å². The lowest BCUT2D eigenvalue weighted by Crippen LogP contribution is -2.29. The molecule has 2 rings (SSSR count). The van der Waals surface area contributed by atoms with Crippen molar-refractivity contribution in [1.82, 2.24) is 15.2 Å². The SMILES string of the molecule is COP(=O)(OC)On1nnc2cc(Cl)ccc2c1=O. The van der Waals surface area contributed by atoms with E-state index in [-0.39, 0.29) is 5.39 Å². The molecule has 1 aromatic heterocycles. The van der Waals surface area contributed by atoms with E-state index in [1.165, 1.54) is 18.2 Å². The molecule has 8 nitrogen and oxygen atoms in total. The van der Waals surface area contributed by atoms with E-state index in [9.17, 15) is 9.36 Å². The van der Waals surface area contributed by atoms with E-state index in [1.54, 1.807) is 0 Å². The number of hydrogen-bond donors (Lipinski definition) is 0. The summed E-state index contributed by atoms with van der Waals surface area (Å²) in [6.07, 6.45) is 0. The molecule has 0 fully saturated rings. The molecule has 19 heavy (non-hydrogen) atoms. The number of nitrogens with zero attached hydrogens (tertiary/aromatic N) is 3. The molecule has 102 valence electrons. The number of fused-ring (bicyclic) bond motifs is 1. The van der Waals surface area contributed by atoms with Gasteiger partial charge in [0.1, 0.15) is 5.52 Å². The van der Waals surface area contributed by atoms with E-state index in [2.05, 4.69) is 19.4 Å². The van der Waals surface area contributed by atoms with Crippen LogP contribution in [0.5, 0.6) is 0 Å². The van der Waals surface area contributed by atoms with Crippen LogP contribution in [0.1, 0.15) is 0 Å². The molecule has 0 aliphatic rings. The van der Waals surface area contributed by atoms with Crippen LogP contribution in [0.2, 0.25) is 5.02 Å². The zero-order valence-corrected chi connectivity index (χ0v) is 11.6. The molecule has 0 saturated heterocycles. The summed E-state index contributed by atoms with van der Waals surface area (Å²) in [4.78, 5) is 12.5. The number of hydrogen-bond acceptors (Lipinski definition) is 7. The molecular weight excluding hydrogens is 297 g/mol. The van der Waals surface area contributed by atoms with Crippen molar-refractivity contribution in [1.29, 1.82) is 0 Å². The molecule has 0 bridgehead atoms. The van der Waals surface area contributed by atoms with Crippen molar-refractivity contribution in [3.05, 3.63) is 33.6 Å². The summed E-state index contributed by atoms with van der Waals surface area (Å²) in [5, 5.41) is 7.82. The van der Waals surface area contributed by atoms with E-state index in [0.717, 1.165) is 14.2 Å². The topological polar surface area (TPSA) is 92.5 Å². The molecule has 0 aliphatic carbocycles. The van der Waals surface area contributed by atoms with E-state index in [0.29, 0.717) is 15.4 Å². The van der Waals surface area contributed by atoms with Crippen LogP contribution in [-0.4, -0.2) is 29.4 Å². The van der Waals surface area contributed by atoms with Crippen LogP contribution >= 0.6 is 19.4 Å². The second kappa shape index (κ2) is 5.26. The second-order valence-corrected chi connectivity index (χ2v) is 5.55. The van der Waals surface area contributed by atoms with Crippen LogP contribution < -0.4 is 10.2 Å². The molecule has 0 amide bonds. The second-order valence-electron chi connectivity index (χ2n) is 3.32. The fraction of sp³-hybridized carbons (Fsp3) is 0.222. The van der Waals surface area contributed by atoms with Crippen molar-refractivity contribution >= 4 is 30.3 Å². The predicted molar refractivity (Wildman–Crippen MR) is 67.0 cm³/mol. The maximum Gasteiger partial charge on any atom is 0.550 e. The predicted octanol–water partition coefficient (Wildman–Crippen LogP) is 1.27. The summed E-state index contributed by atoms with van der Waals surface area (Å²) in [5.74, 6) is 0. The van der Waals surface area contributed by atoms with Crippen molar-refractivity contribution in [3.63, 3.8) is 0 Å². The van der Waals surface area contributed by atoms with Crippen molar-refractivity contribution in [3.8, 4) is 0 Å². The fourth-order valence-corrected chi connectivity index (χ4v) is 2.04. The Morgan fingerprint density at radius 1 is 1.32 bits per heavy atom. The van der Waals surface area contributed by atoms with Crippen LogP contribution in [0.15, 0.2) is 23.0 Å². The molecule has 0 atom stereocenters. The lowest BCUT2D eigenvalue weighted by Gasteiger charge is -2.13. The van der Waals surface area contributed by atoms with Crippen molar-refractivity contribution in [2.75, 3.05) is 14.2 Å². The van der Waals surface area contributed by atoms with Gasteiger partial charge in [0.2, 0.25) is 0 Å². The monoisotopic (exact) mass is 305 g/mol. The van der Waals surface area contributed by atoms with Gasteiger partial charge < -0.3 is 0 Å². The molecule has 2 aromatic rings. The zero-order chi connectivity index (χ0) is 14.0. The summed E-state index contributed by atoms with van der Waals surface area (Å²) >= 11 is 5.77. The van der Waals surface area contributed by atoms with Gasteiger partial charge >= 0.3 is 13.4 Å². The minimum Gasteiger partial charge on any atom is -0.288 e. The quantitative estimate of drug-likeness (QED) is 0.785. The summed E-state index contributed by atoms with van der Waals surface area (Å²) in [5.41, 5.74) is -0.363. The molecule has 0 saturated carbocycles. The van der Waals surface area contributed by atoms with Crippen LogP contribution in [0.25, 0.3) is 10.9 Å². The summed E-state index contributed by atoms with van der Waals surface area (Å²) < 4.78 is 25.6. The molecule has 0 spiro atoms. The minimum absolute atomic E-state index is 0.207. The first-order chi connectivity index (χ1) is 8.99. The summed E-state index contributed by atoms with van der Waals surface area (Å²) in [7, 11) is -1.65. The largest absolute Gasteiger partial charge is 0.550 e. The highest BCUT2D eigenvalue weighted by atomic mass is 35.5. The average Bonchev–Trinajstić information content (AvgIpc) is 2.42. The highest BCUT2D eigenvalue weighted by Gasteiger charge is 2.27. The molecule has 0 unspecified atom stereocenters. The smallest absolute Gasteiger partial charge is 0.288 e. The number of phosphoric acid groups is 1. The molecular formula is C9H9ClN3O5P. The van der Waals surface area contributed by atoms with Gasteiger partial charge in [-0.05, 0) is 28.3 Å². The van der Waals surface area contributed by atoms with Gasteiger partial charge in [-0.25, -0.2) is 4.57 Å². The van der Waals surface area contributed by atoms with Gasteiger partial charge in [-0.1, -0.05) is 11.6 Å². The molecule has 0 N–H and O–H groups in total. The number of aromatic nitrogens is 3. The van der Waals surface area contributed by atoms with Gasteiger partial charge in [0, 0.05) is 19.2 Å². The van der Waals surface area contributed by atoms with Gasteiger partial charge in [0.05, 0.1) is 5.39 Å². The Balaban J connectivity index is 2.52. The summed E-state index contributed by atoms with van der Waals surface area (Å²) in [6, 6.07) is 4.45. The Morgan fingerprint density at radius 3 is 2.63 bits per heavy atom. The molecule has 0 radical (unpaired) electrons. The Hall–Kier alpha value is -1.47. The zero-order valence-electron chi connectivity index (χ0n) is 9.94. The van der Waals surface area contributed by atoms with Crippen LogP contribution in [0.3, 0.4) is 0 Å². The van der Waals surface area contributed by atoms with Crippen molar-refractivity contribution < 1.29 is 18.2 Å². The number of benzene rings is 1. The first-order valence-corrected chi connectivity index (χ1v) is 6.80. The Bertz CT molecular complexity index is 711. The summed E-state index contributed by atoms with van der Waals surface area (Å²) in [6.45, 7) is 0. The highest BCUT2D eigenvalue weighted by molar-refractivity contribution is 7.48. The molecule has 10 heteroatoms. The van der Waals surface area contributed by atoms with Crippen molar-refractivity contribution in [2.45, 2.75) is 0 Å². The van der Waals surface area contributed by atoms with Gasteiger partial charge in [-0.15, -0.1) is 5.10 Å². The van der Waals surface area contributed by atoms with Gasteiger partial charge in [0.25, 0.3) is 0 Å². The van der Waals surface area contributed by atoms with Crippen LogP contribution in [0.4, 0.5) is 0 Å². The average molecular weight is 306 g/mol. The Labute approximate surface area is 112 Å². The third kappa shape index (κ3) is 2.76. The van der Waals surface area contributed by atoms with E-state index in [1.807, 2.05) is 0 Å². The minimum atomic E-state index is -3.88. The van der Waals surface area contributed by atoms with Crippen molar-refractivity contribution in [2.24, 2.45) is 0 Å². The van der Waals surface area contributed by atoms with E-state index >= 15 is 0 Å². The normalized spacial score (nSPS) is 11.7. The molecule has 0 aliphatic heterocycles. The van der Waals surface area contributed by atoms with Crippen LogP contribution in [-0.2, 0) is 13.6 Å². The first-order valence-electron chi connectivity index (χ1n) is 4.96. The third-order valence-corrected chi connectivity index (χ3v) is 3.71. The molecule has 1 heterocycles.